The monoisotopic (exact) mass is 348 g/mol. The molecule has 1 aromatic heterocycles. The van der Waals surface area contributed by atoms with Gasteiger partial charge in [0.05, 0.1) is 11.0 Å². The van der Waals surface area contributed by atoms with Gasteiger partial charge in [-0.2, -0.15) is 0 Å². The lowest BCUT2D eigenvalue weighted by Gasteiger charge is -2.15. The Balaban J connectivity index is 1.37. The number of aromatic nitrogens is 2. The number of H-pyrrole nitrogens is 1. The average molecular weight is 348 g/mol. The zero-order chi connectivity index (χ0) is 18.1. The van der Waals surface area contributed by atoms with Gasteiger partial charge >= 0.3 is 0 Å². The summed E-state index contributed by atoms with van der Waals surface area (Å²) in [7, 11) is 0. The number of benzene rings is 2. The summed E-state index contributed by atoms with van der Waals surface area (Å²) in [5.74, 6) is 0.818. The molecule has 6 nitrogen and oxygen atoms in total. The molecule has 2 heterocycles. The van der Waals surface area contributed by atoms with Crippen molar-refractivity contribution in [2.24, 2.45) is 0 Å². The average Bonchev–Trinajstić information content (AvgIpc) is 3.21. The van der Waals surface area contributed by atoms with E-state index >= 15 is 0 Å². The third-order valence-corrected chi connectivity index (χ3v) is 4.65. The first-order valence-corrected chi connectivity index (χ1v) is 8.79. The predicted molar refractivity (Wildman–Crippen MR) is 99.9 cm³/mol. The van der Waals surface area contributed by atoms with E-state index in [-0.39, 0.29) is 18.2 Å². The highest BCUT2D eigenvalue weighted by molar-refractivity contribution is 5.99. The van der Waals surface area contributed by atoms with Gasteiger partial charge in [-0.25, -0.2) is 4.98 Å². The van der Waals surface area contributed by atoms with E-state index in [1.54, 1.807) is 4.90 Å². The molecule has 1 aliphatic rings. The Morgan fingerprint density at radius 2 is 2.12 bits per heavy atom. The van der Waals surface area contributed by atoms with Crippen LogP contribution in [0.4, 0.5) is 5.69 Å². The molecule has 0 saturated carbocycles. The van der Waals surface area contributed by atoms with E-state index < -0.39 is 0 Å². The molecule has 3 aromatic rings. The maximum Gasteiger partial charge on any atom is 0.254 e. The van der Waals surface area contributed by atoms with Crippen LogP contribution in [0.15, 0.2) is 42.5 Å². The maximum atomic E-state index is 12.3. The van der Waals surface area contributed by atoms with Crippen LogP contribution in [0.1, 0.15) is 35.1 Å². The minimum Gasteiger partial charge on any atom is -0.342 e. The molecule has 0 radical (unpaired) electrons. The van der Waals surface area contributed by atoms with E-state index in [2.05, 4.69) is 15.3 Å². The third-order valence-electron chi connectivity index (χ3n) is 4.65. The number of hydrogen-bond donors (Lipinski definition) is 2. The number of carbonyl (C=O) groups is 2. The lowest BCUT2D eigenvalue weighted by Crippen LogP contribution is -2.28. The predicted octanol–water partition coefficient (Wildman–Crippen LogP) is 3.11. The van der Waals surface area contributed by atoms with Crippen LogP contribution < -0.4 is 5.32 Å². The second-order valence-electron chi connectivity index (χ2n) is 6.45. The standard InChI is InChI=1S/C20H20N4O2/c1-2-18-22-16-8-7-14(11-17(16)23-18)21-19(25)9-10-24-12-13-5-3-4-6-15(13)20(24)26/h3-8,11H,2,9-10,12H2,1H3,(H,21,25)(H,22,23). The van der Waals surface area contributed by atoms with E-state index in [1.807, 2.05) is 49.4 Å². The minimum atomic E-state index is -0.108. The smallest absolute Gasteiger partial charge is 0.254 e. The van der Waals surface area contributed by atoms with Crippen LogP contribution in [0.5, 0.6) is 0 Å². The molecule has 26 heavy (non-hydrogen) atoms. The summed E-state index contributed by atoms with van der Waals surface area (Å²) in [4.78, 5) is 34.0. The number of carbonyl (C=O) groups excluding carboxylic acids is 2. The Morgan fingerprint density at radius 1 is 1.27 bits per heavy atom. The van der Waals surface area contributed by atoms with Crippen molar-refractivity contribution in [1.29, 1.82) is 0 Å². The molecule has 0 aliphatic carbocycles. The lowest BCUT2D eigenvalue weighted by atomic mass is 10.1. The SMILES string of the molecule is CCc1nc2ccc(NC(=O)CCN3Cc4ccccc4C3=O)cc2[nH]1. The number of amides is 2. The van der Waals surface area contributed by atoms with Gasteiger partial charge in [0, 0.05) is 37.2 Å². The van der Waals surface area contributed by atoms with Crippen molar-refractivity contribution in [2.75, 3.05) is 11.9 Å². The van der Waals surface area contributed by atoms with Gasteiger partial charge in [-0.05, 0) is 29.8 Å². The molecule has 0 saturated heterocycles. The van der Waals surface area contributed by atoms with Crippen LogP contribution in [0, 0.1) is 0 Å². The lowest BCUT2D eigenvalue weighted by molar-refractivity contribution is -0.116. The molecule has 1 aliphatic heterocycles. The Morgan fingerprint density at radius 3 is 2.92 bits per heavy atom. The van der Waals surface area contributed by atoms with Crippen LogP contribution in [-0.4, -0.2) is 33.2 Å². The summed E-state index contributed by atoms with van der Waals surface area (Å²) in [6, 6.07) is 13.2. The molecule has 2 N–H and O–H groups in total. The van der Waals surface area contributed by atoms with Crippen LogP contribution in [0.3, 0.4) is 0 Å². The zero-order valence-corrected chi connectivity index (χ0v) is 14.6. The molecular weight excluding hydrogens is 328 g/mol. The summed E-state index contributed by atoms with van der Waals surface area (Å²) in [5.41, 5.74) is 4.29. The van der Waals surface area contributed by atoms with Crippen LogP contribution >= 0.6 is 0 Å². The fourth-order valence-corrected chi connectivity index (χ4v) is 3.26. The van der Waals surface area contributed by atoms with Gasteiger partial charge in [-0.15, -0.1) is 0 Å². The molecule has 2 amide bonds. The van der Waals surface area contributed by atoms with Gasteiger partial charge < -0.3 is 15.2 Å². The summed E-state index contributed by atoms with van der Waals surface area (Å²) < 4.78 is 0. The number of imidazole rings is 1. The van der Waals surface area contributed by atoms with Crippen molar-refractivity contribution in [3.05, 3.63) is 59.4 Å². The Hall–Kier alpha value is -3.15. The quantitative estimate of drug-likeness (QED) is 0.744. The highest BCUT2D eigenvalue weighted by Crippen LogP contribution is 2.22. The first-order valence-electron chi connectivity index (χ1n) is 8.79. The molecule has 132 valence electrons. The number of nitrogens with zero attached hydrogens (tertiary/aromatic N) is 2. The largest absolute Gasteiger partial charge is 0.342 e. The van der Waals surface area contributed by atoms with Gasteiger partial charge in [0.15, 0.2) is 0 Å². The van der Waals surface area contributed by atoms with Crippen molar-refractivity contribution in [1.82, 2.24) is 14.9 Å². The number of hydrogen-bond acceptors (Lipinski definition) is 3. The number of aromatic amines is 1. The fraction of sp³-hybridized carbons (Fsp3) is 0.250. The Labute approximate surface area is 151 Å². The normalized spacial score (nSPS) is 13.3. The number of fused-ring (bicyclic) bond motifs is 2. The zero-order valence-electron chi connectivity index (χ0n) is 14.6. The minimum absolute atomic E-state index is 0.000579. The van der Waals surface area contributed by atoms with Crippen molar-refractivity contribution >= 4 is 28.5 Å². The van der Waals surface area contributed by atoms with E-state index in [9.17, 15) is 9.59 Å². The summed E-state index contributed by atoms with van der Waals surface area (Å²) in [6.07, 6.45) is 1.10. The van der Waals surface area contributed by atoms with Crippen molar-refractivity contribution in [2.45, 2.75) is 26.3 Å². The maximum absolute atomic E-state index is 12.3. The first-order chi connectivity index (χ1) is 12.6. The van der Waals surface area contributed by atoms with Crippen LogP contribution in [0.2, 0.25) is 0 Å². The molecule has 0 atom stereocenters. The molecule has 0 bridgehead atoms. The van der Waals surface area contributed by atoms with Gasteiger partial charge in [-0.3, -0.25) is 9.59 Å². The molecule has 4 rings (SSSR count). The van der Waals surface area contributed by atoms with Crippen molar-refractivity contribution < 1.29 is 9.59 Å². The fourth-order valence-electron chi connectivity index (χ4n) is 3.26. The summed E-state index contributed by atoms with van der Waals surface area (Å²) in [5, 5.41) is 2.90. The number of rotatable bonds is 5. The number of aryl methyl sites for hydroxylation is 1. The van der Waals surface area contributed by atoms with Gasteiger partial charge in [0.2, 0.25) is 5.91 Å². The van der Waals surface area contributed by atoms with E-state index in [0.717, 1.165) is 40.1 Å². The van der Waals surface area contributed by atoms with Crippen molar-refractivity contribution in [3.63, 3.8) is 0 Å². The Bertz CT molecular complexity index is 992. The first kappa shape index (κ1) is 16.3. The van der Waals surface area contributed by atoms with Crippen LogP contribution in [-0.2, 0) is 17.8 Å². The molecule has 0 spiro atoms. The van der Waals surface area contributed by atoms with E-state index in [0.29, 0.717) is 13.1 Å². The number of anilines is 1. The number of nitrogens with one attached hydrogen (secondary N) is 2. The molecule has 2 aromatic carbocycles. The topological polar surface area (TPSA) is 78.1 Å². The highest BCUT2D eigenvalue weighted by atomic mass is 16.2. The van der Waals surface area contributed by atoms with Gasteiger partial charge in [0.25, 0.3) is 5.91 Å². The van der Waals surface area contributed by atoms with E-state index in [1.165, 1.54) is 0 Å². The van der Waals surface area contributed by atoms with Gasteiger partial charge in [-0.1, -0.05) is 25.1 Å². The van der Waals surface area contributed by atoms with Gasteiger partial charge in [0.1, 0.15) is 5.82 Å². The molecule has 0 fully saturated rings. The Kier molecular flexibility index (Phi) is 4.16. The van der Waals surface area contributed by atoms with Crippen molar-refractivity contribution in [3.8, 4) is 0 Å². The molecular formula is C20H20N4O2. The third kappa shape index (κ3) is 3.06. The molecule has 0 unspecified atom stereocenters. The summed E-state index contributed by atoms with van der Waals surface area (Å²) in [6.45, 7) is 3.02. The second-order valence-corrected chi connectivity index (χ2v) is 6.45. The highest BCUT2D eigenvalue weighted by Gasteiger charge is 2.26. The second kappa shape index (κ2) is 6.63. The summed E-state index contributed by atoms with van der Waals surface area (Å²) >= 11 is 0. The van der Waals surface area contributed by atoms with Crippen LogP contribution in [0.25, 0.3) is 11.0 Å². The molecule has 6 heteroatoms. The van der Waals surface area contributed by atoms with E-state index in [4.69, 9.17) is 0 Å².